The zero-order chi connectivity index (χ0) is 14.0. The summed E-state index contributed by atoms with van der Waals surface area (Å²) < 4.78 is 51.3. The average Bonchev–Trinajstić information content (AvgIpc) is 2.78. The van der Waals surface area contributed by atoms with Crippen LogP contribution in [0.15, 0.2) is 18.2 Å². The third kappa shape index (κ3) is 3.39. The van der Waals surface area contributed by atoms with Crippen molar-refractivity contribution < 1.29 is 17.6 Å². The van der Waals surface area contributed by atoms with Crippen LogP contribution in [-0.4, -0.2) is 6.04 Å². The lowest BCUT2D eigenvalue weighted by Crippen LogP contribution is -2.17. The predicted molar refractivity (Wildman–Crippen MR) is 66.4 cm³/mol. The Morgan fingerprint density at radius 2 is 2.00 bits per heavy atom. The molecule has 1 aliphatic rings. The van der Waals surface area contributed by atoms with E-state index in [4.69, 9.17) is 0 Å². The minimum absolute atomic E-state index is 0.0448. The van der Waals surface area contributed by atoms with Crippen molar-refractivity contribution in [3.05, 3.63) is 29.6 Å². The van der Waals surface area contributed by atoms with Crippen molar-refractivity contribution in [2.75, 3.05) is 5.32 Å². The van der Waals surface area contributed by atoms with Crippen LogP contribution in [0, 0.1) is 11.7 Å². The van der Waals surface area contributed by atoms with E-state index in [2.05, 4.69) is 12.2 Å². The molecule has 0 aromatic heterocycles. The standard InChI is InChI=1S/C14H17F4N/c1-2-9-3-5-11(7-9)19-13-8-10(14(16,17)18)4-6-12(13)15/h4,6,8-9,11,19H,2-3,5,7H2,1H3. The SMILES string of the molecule is CCC1CCC(Nc2cc(C(F)(F)F)ccc2F)C1. The molecule has 1 aliphatic carbocycles. The van der Waals surface area contributed by atoms with Gasteiger partial charge in [0.05, 0.1) is 11.3 Å². The summed E-state index contributed by atoms with van der Waals surface area (Å²) in [4.78, 5) is 0. The van der Waals surface area contributed by atoms with Crippen molar-refractivity contribution in [1.29, 1.82) is 0 Å². The molecule has 1 aromatic rings. The fourth-order valence-electron chi connectivity index (χ4n) is 2.61. The topological polar surface area (TPSA) is 12.0 Å². The van der Waals surface area contributed by atoms with E-state index in [1.54, 1.807) is 0 Å². The molecule has 2 rings (SSSR count). The fraction of sp³-hybridized carbons (Fsp3) is 0.571. The van der Waals surface area contributed by atoms with Gasteiger partial charge in [0.2, 0.25) is 0 Å². The summed E-state index contributed by atoms with van der Waals surface area (Å²) in [7, 11) is 0. The molecule has 1 fully saturated rings. The van der Waals surface area contributed by atoms with Gasteiger partial charge in [-0.25, -0.2) is 4.39 Å². The fourth-order valence-corrected chi connectivity index (χ4v) is 2.61. The van der Waals surface area contributed by atoms with Crippen molar-refractivity contribution >= 4 is 5.69 Å². The van der Waals surface area contributed by atoms with Crippen molar-refractivity contribution in [2.45, 2.75) is 44.8 Å². The molecule has 1 saturated carbocycles. The summed E-state index contributed by atoms with van der Waals surface area (Å²) in [5.41, 5.74) is -0.863. The molecular formula is C14H17F4N. The van der Waals surface area contributed by atoms with Gasteiger partial charge < -0.3 is 5.32 Å². The van der Waals surface area contributed by atoms with E-state index < -0.39 is 17.6 Å². The van der Waals surface area contributed by atoms with Crippen LogP contribution in [0.1, 0.15) is 38.2 Å². The largest absolute Gasteiger partial charge is 0.416 e. The first kappa shape index (κ1) is 14.2. The van der Waals surface area contributed by atoms with Gasteiger partial charge in [-0.1, -0.05) is 13.3 Å². The Labute approximate surface area is 110 Å². The highest BCUT2D eigenvalue weighted by molar-refractivity contribution is 5.49. The first-order valence-corrected chi connectivity index (χ1v) is 6.53. The molecule has 0 heterocycles. The molecule has 1 nitrogen and oxygen atoms in total. The molecule has 0 aliphatic heterocycles. The van der Waals surface area contributed by atoms with Crippen LogP contribution in [0.4, 0.5) is 23.2 Å². The Hall–Kier alpha value is -1.26. The maximum Gasteiger partial charge on any atom is 0.416 e. The van der Waals surface area contributed by atoms with Gasteiger partial charge >= 0.3 is 6.18 Å². The number of anilines is 1. The van der Waals surface area contributed by atoms with E-state index >= 15 is 0 Å². The van der Waals surface area contributed by atoms with E-state index in [9.17, 15) is 17.6 Å². The lowest BCUT2D eigenvalue weighted by atomic mass is 10.1. The number of halogens is 4. The molecule has 0 amide bonds. The highest BCUT2D eigenvalue weighted by Gasteiger charge is 2.31. The van der Waals surface area contributed by atoms with Crippen LogP contribution in [0.2, 0.25) is 0 Å². The summed E-state index contributed by atoms with van der Waals surface area (Å²) in [6.07, 6.45) is -0.551. The van der Waals surface area contributed by atoms with Crippen LogP contribution < -0.4 is 5.32 Å². The van der Waals surface area contributed by atoms with Crippen LogP contribution in [0.5, 0.6) is 0 Å². The van der Waals surface area contributed by atoms with Gasteiger partial charge in [0.15, 0.2) is 0 Å². The smallest absolute Gasteiger partial charge is 0.380 e. The van der Waals surface area contributed by atoms with E-state index in [-0.39, 0.29) is 11.7 Å². The van der Waals surface area contributed by atoms with Gasteiger partial charge in [-0.05, 0) is 43.4 Å². The molecule has 0 spiro atoms. The maximum atomic E-state index is 13.6. The van der Waals surface area contributed by atoms with Gasteiger partial charge in [0.1, 0.15) is 5.82 Å². The summed E-state index contributed by atoms with van der Waals surface area (Å²) in [5, 5.41) is 2.91. The molecule has 0 radical (unpaired) electrons. The van der Waals surface area contributed by atoms with Crippen LogP contribution >= 0.6 is 0 Å². The Bertz CT molecular complexity index is 442. The normalized spacial score (nSPS) is 23.6. The zero-order valence-electron chi connectivity index (χ0n) is 10.7. The minimum atomic E-state index is -4.44. The molecule has 0 saturated heterocycles. The Morgan fingerprint density at radius 1 is 1.26 bits per heavy atom. The zero-order valence-corrected chi connectivity index (χ0v) is 10.7. The van der Waals surface area contributed by atoms with Gasteiger partial charge in [-0.2, -0.15) is 13.2 Å². The third-order valence-electron chi connectivity index (χ3n) is 3.77. The lowest BCUT2D eigenvalue weighted by molar-refractivity contribution is -0.137. The molecule has 2 unspecified atom stereocenters. The molecular weight excluding hydrogens is 258 g/mol. The molecule has 2 atom stereocenters. The van der Waals surface area contributed by atoms with Crippen LogP contribution in [-0.2, 0) is 6.18 Å². The van der Waals surface area contributed by atoms with Crippen molar-refractivity contribution in [1.82, 2.24) is 0 Å². The van der Waals surface area contributed by atoms with Gasteiger partial charge in [-0.3, -0.25) is 0 Å². The average molecular weight is 275 g/mol. The molecule has 5 heteroatoms. The predicted octanol–water partition coefficient (Wildman–Crippen LogP) is 4.84. The van der Waals surface area contributed by atoms with Gasteiger partial charge in [-0.15, -0.1) is 0 Å². The van der Waals surface area contributed by atoms with Crippen molar-refractivity contribution in [3.8, 4) is 0 Å². The molecule has 0 bridgehead atoms. The molecule has 1 N–H and O–H groups in total. The summed E-state index contributed by atoms with van der Waals surface area (Å²) in [6, 6.07) is 2.57. The number of alkyl halides is 3. The Morgan fingerprint density at radius 3 is 2.58 bits per heavy atom. The number of rotatable bonds is 3. The summed E-state index contributed by atoms with van der Waals surface area (Å²) >= 11 is 0. The maximum absolute atomic E-state index is 13.6. The highest BCUT2D eigenvalue weighted by Crippen LogP contribution is 2.34. The second-order valence-corrected chi connectivity index (χ2v) is 5.12. The molecule has 1 aromatic carbocycles. The monoisotopic (exact) mass is 275 g/mol. The first-order valence-electron chi connectivity index (χ1n) is 6.53. The van der Waals surface area contributed by atoms with Crippen molar-refractivity contribution in [2.24, 2.45) is 5.92 Å². The first-order chi connectivity index (χ1) is 8.90. The Balaban J connectivity index is 2.12. The second-order valence-electron chi connectivity index (χ2n) is 5.12. The summed E-state index contributed by atoms with van der Waals surface area (Å²) in [6.45, 7) is 2.10. The molecule has 19 heavy (non-hydrogen) atoms. The number of nitrogens with one attached hydrogen (secondary N) is 1. The number of hydrogen-bond donors (Lipinski definition) is 1. The van der Waals surface area contributed by atoms with Crippen molar-refractivity contribution in [3.63, 3.8) is 0 Å². The highest BCUT2D eigenvalue weighted by atomic mass is 19.4. The summed E-state index contributed by atoms with van der Waals surface area (Å²) in [5.74, 6) is -0.0423. The van der Waals surface area contributed by atoms with Gasteiger partial charge in [0, 0.05) is 6.04 Å². The van der Waals surface area contributed by atoms with E-state index in [0.717, 1.165) is 43.9 Å². The van der Waals surface area contributed by atoms with E-state index in [1.165, 1.54) is 0 Å². The number of hydrogen-bond acceptors (Lipinski definition) is 1. The van der Waals surface area contributed by atoms with E-state index in [1.807, 2.05) is 0 Å². The van der Waals surface area contributed by atoms with Crippen LogP contribution in [0.3, 0.4) is 0 Å². The lowest BCUT2D eigenvalue weighted by Gasteiger charge is -2.16. The Kier molecular flexibility index (Phi) is 4.02. The molecule has 106 valence electrons. The second kappa shape index (κ2) is 5.39. The minimum Gasteiger partial charge on any atom is -0.380 e. The van der Waals surface area contributed by atoms with Crippen LogP contribution in [0.25, 0.3) is 0 Å². The van der Waals surface area contributed by atoms with E-state index in [0.29, 0.717) is 5.92 Å². The van der Waals surface area contributed by atoms with Gasteiger partial charge in [0.25, 0.3) is 0 Å². The quantitative estimate of drug-likeness (QED) is 0.779. The third-order valence-corrected chi connectivity index (χ3v) is 3.77. The number of benzene rings is 1.